The fourth-order valence-corrected chi connectivity index (χ4v) is 2.06. The summed E-state index contributed by atoms with van der Waals surface area (Å²) in [6, 6.07) is 0. The maximum Gasteiger partial charge on any atom is 0.186 e. The van der Waals surface area contributed by atoms with Crippen LogP contribution in [0.2, 0.25) is 0 Å². The molecule has 0 saturated carbocycles. The van der Waals surface area contributed by atoms with E-state index in [0.29, 0.717) is 0 Å². The van der Waals surface area contributed by atoms with Crippen LogP contribution in [-0.2, 0) is 9.47 Å². The van der Waals surface area contributed by atoms with Gasteiger partial charge in [0, 0.05) is 0 Å². The van der Waals surface area contributed by atoms with Gasteiger partial charge in [0.25, 0.3) is 0 Å². The van der Waals surface area contributed by atoms with Gasteiger partial charge in [-0.05, 0) is 0 Å². The lowest BCUT2D eigenvalue weighted by molar-refractivity contribution is -0.306. The Morgan fingerprint density at radius 3 is 1.91 bits per heavy atom. The van der Waals surface area contributed by atoms with Crippen molar-refractivity contribution < 1.29 is 55.4 Å². The summed E-state index contributed by atoms with van der Waals surface area (Å²) in [7, 11) is 0. The molecule has 9 N–H and O–H groups in total. The summed E-state index contributed by atoms with van der Waals surface area (Å²) >= 11 is 0. The van der Waals surface area contributed by atoms with Gasteiger partial charge in [0.05, 0.1) is 19.8 Å². The van der Waals surface area contributed by atoms with E-state index < -0.39 is 74.9 Å². The van der Waals surface area contributed by atoms with E-state index in [-0.39, 0.29) is 0 Å². The standard InChI is InChI=1S/C12H24O11/c13-1-4(15)7(17)8(18)5(16)3-22-12-11(21)10(20)9(19)6(2-14)23-12/h4-21H,1-3H2/t4?,5?,6?,7-,8-,9-,10+,11?,12-/m1/s1. The van der Waals surface area contributed by atoms with Crippen LogP contribution in [0.15, 0.2) is 0 Å². The summed E-state index contributed by atoms with van der Waals surface area (Å²) in [6.45, 7) is -2.16. The Bertz CT molecular complexity index is 341. The Morgan fingerprint density at radius 2 is 1.39 bits per heavy atom. The lowest BCUT2D eigenvalue weighted by Crippen LogP contribution is -2.59. The Balaban J connectivity index is 2.55. The number of hydrogen-bond acceptors (Lipinski definition) is 11. The molecule has 0 bridgehead atoms. The largest absolute Gasteiger partial charge is 0.394 e. The van der Waals surface area contributed by atoms with Crippen LogP contribution >= 0.6 is 0 Å². The third-order valence-corrected chi connectivity index (χ3v) is 3.61. The van der Waals surface area contributed by atoms with E-state index in [2.05, 4.69) is 0 Å². The van der Waals surface area contributed by atoms with Crippen molar-refractivity contribution in [2.75, 3.05) is 19.8 Å². The molecule has 1 heterocycles. The molecule has 1 saturated heterocycles. The molecule has 11 nitrogen and oxygen atoms in total. The van der Waals surface area contributed by atoms with Crippen LogP contribution in [0.25, 0.3) is 0 Å². The van der Waals surface area contributed by atoms with E-state index in [9.17, 15) is 35.7 Å². The number of rotatable bonds is 8. The summed E-state index contributed by atoms with van der Waals surface area (Å²) in [6.07, 6.45) is -14.7. The summed E-state index contributed by atoms with van der Waals surface area (Å²) in [5.41, 5.74) is 0. The van der Waals surface area contributed by atoms with Gasteiger partial charge in [-0.15, -0.1) is 0 Å². The molecular weight excluding hydrogens is 320 g/mol. The van der Waals surface area contributed by atoms with Gasteiger partial charge in [0.2, 0.25) is 0 Å². The molecule has 1 aliphatic rings. The Kier molecular flexibility index (Phi) is 8.20. The van der Waals surface area contributed by atoms with Crippen LogP contribution in [0.1, 0.15) is 0 Å². The van der Waals surface area contributed by atoms with Crippen molar-refractivity contribution in [3.63, 3.8) is 0 Å². The summed E-state index contributed by atoms with van der Waals surface area (Å²) in [5.74, 6) is 0. The molecular formula is C12H24O11. The van der Waals surface area contributed by atoms with Gasteiger partial charge in [0.15, 0.2) is 6.29 Å². The molecule has 0 aromatic carbocycles. The second kappa shape index (κ2) is 9.15. The smallest absolute Gasteiger partial charge is 0.186 e. The Labute approximate surface area is 131 Å². The molecule has 0 radical (unpaired) electrons. The number of aliphatic hydroxyl groups is 9. The Hall–Kier alpha value is -0.440. The zero-order chi connectivity index (χ0) is 17.7. The average molecular weight is 344 g/mol. The van der Waals surface area contributed by atoms with Crippen LogP contribution in [-0.4, -0.2) is 121 Å². The van der Waals surface area contributed by atoms with E-state index in [4.69, 9.17) is 19.7 Å². The van der Waals surface area contributed by atoms with Crippen molar-refractivity contribution in [1.29, 1.82) is 0 Å². The van der Waals surface area contributed by atoms with Crippen LogP contribution in [0.4, 0.5) is 0 Å². The molecule has 0 aromatic rings. The molecule has 0 aromatic heterocycles. The quantitative estimate of drug-likeness (QED) is 0.203. The van der Waals surface area contributed by atoms with E-state index >= 15 is 0 Å². The SMILES string of the molecule is OCC(O)[C@@H](O)[C@H](O)C(O)CO[C@@H]1OC(CO)[C@@H](O)[C@H](O)C1O. The molecule has 1 fully saturated rings. The fraction of sp³-hybridized carbons (Fsp3) is 1.00. The third-order valence-electron chi connectivity index (χ3n) is 3.61. The first kappa shape index (κ1) is 20.6. The number of hydrogen-bond donors (Lipinski definition) is 9. The minimum absolute atomic E-state index is 0.655. The minimum atomic E-state index is -1.86. The number of aliphatic hydroxyl groups excluding tert-OH is 9. The Morgan fingerprint density at radius 1 is 0.826 bits per heavy atom. The molecule has 11 heteroatoms. The van der Waals surface area contributed by atoms with Gasteiger partial charge in [-0.3, -0.25) is 0 Å². The summed E-state index contributed by atoms with van der Waals surface area (Å²) < 4.78 is 9.99. The second-order valence-electron chi connectivity index (χ2n) is 5.33. The first-order valence-corrected chi connectivity index (χ1v) is 6.99. The van der Waals surface area contributed by atoms with E-state index in [1.165, 1.54) is 0 Å². The van der Waals surface area contributed by atoms with Crippen molar-refractivity contribution >= 4 is 0 Å². The molecule has 0 aliphatic carbocycles. The van der Waals surface area contributed by atoms with E-state index in [1.54, 1.807) is 0 Å². The molecule has 4 unspecified atom stereocenters. The molecule has 9 atom stereocenters. The van der Waals surface area contributed by atoms with Gasteiger partial charge >= 0.3 is 0 Å². The second-order valence-corrected chi connectivity index (χ2v) is 5.33. The molecule has 0 amide bonds. The van der Waals surface area contributed by atoms with Crippen LogP contribution < -0.4 is 0 Å². The molecule has 23 heavy (non-hydrogen) atoms. The maximum absolute atomic E-state index is 9.70. The van der Waals surface area contributed by atoms with Gasteiger partial charge in [-0.1, -0.05) is 0 Å². The summed E-state index contributed by atoms with van der Waals surface area (Å²) in [4.78, 5) is 0. The van der Waals surface area contributed by atoms with Crippen molar-refractivity contribution in [1.82, 2.24) is 0 Å². The maximum atomic E-state index is 9.70. The van der Waals surface area contributed by atoms with Gasteiger partial charge in [-0.2, -0.15) is 0 Å². The summed E-state index contributed by atoms with van der Waals surface area (Å²) in [5, 5.41) is 84.4. The molecule has 1 rings (SSSR count). The normalized spacial score (nSPS) is 37.2. The van der Waals surface area contributed by atoms with Gasteiger partial charge in [0.1, 0.15) is 48.8 Å². The first-order valence-electron chi connectivity index (χ1n) is 6.99. The highest BCUT2D eigenvalue weighted by atomic mass is 16.7. The molecule has 1 aliphatic heterocycles. The highest BCUT2D eigenvalue weighted by molar-refractivity contribution is 4.89. The topological polar surface area (TPSA) is 201 Å². The fourth-order valence-electron chi connectivity index (χ4n) is 2.06. The van der Waals surface area contributed by atoms with Crippen molar-refractivity contribution in [3.8, 4) is 0 Å². The van der Waals surface area contributed by atoms with Crippen LogP contribution in [0, 0.1) is 0 Å². The minimum Gasteiger partial charge on any atom is -0.394 e. The van der Waals surface area contributed by atoms with Gasteiger partial charge < -0.3 is 55.4 Å². The predicted octanol–water partition coefficient (Wildman–Crippen LogP) is -5.76. The zero-order valence-electron chi connectivity index (χ0n) is 12.2. The predicted molar refractivity (Wildman–Crippen MR) is 70.8 cm³/mol. The van der Waals surface area contributed by atoms with Crippen molar-refractivity contribution in [2.45, 2.75) is 55.1 Å². The van der Waals surface area contributed by atoms with Crippen LogP contribution in [0.5, 0.6) is 0 Å². The molecule has 0 spiro atoms. The zero-order valence-corrected chi connectivity index (χ0v) is 12.2. The highest BCUT2D eigenvalue weighted by Gasteiger charge is 2.44. The first-order chi connectivity index (χ1) is 10.7. The average Bonchev–Trinajstić information content (AvgIpc) is 2.56. The highest BCUT2D eigenvalue weighted by Crippen LogP contribution is 2.22. The van der Waals surface area contributed by atoms with Crippen molar-refractivity contribution in [2.24, 2.45) is 0 Å². The van der Waals surface area contributed by atoms with Crippen molar-refractivity contribution in [3.05, 3.63) is 0 Å². The van der Waals surface area contributed by atoms with E-state index in [1.807, 2.05) is 0 Å². The lowest BCUT2D eigenvalue weighted by Gasteiger charge is -2.40. The van der Waals surface area contributed by atoms with Crippen LogP contribution in [0.3, 0.4) is 0 Å². The lowest BCUT2D eigenvalue weighted by atomic mass is 9.99. The monoisotopic (exact) mass is 344 g/mol. The van der Waals surface area contributed by atoms with E-state index in [0.717, 1.165) is 0 Å². The number of ether oxygens (including phenoxy) is 2. The van der Waals surface area contributed by atoms with Gasteiger partial charge in [-0.25, -0.2) is 0 Å². The third kappa shape index (κ3) is 5.01. The molecule has 138 valence electrons.